The van der Waals surface area contributed by atoms with E-state index in [2.05, 4.69) is 0 Å². The molecule has 0 aromatic rings. The van der Waals surface area contributed by atoms with Crippen LogP contribution in [0.5, 0.6) is 0 Å². The Balaban J connectivity index is 2.61. The van der Waals surface area contributed by atoms with Gasteiger partial charge < -0.3 is 21.9 Å². The van der Waals surface area contributed by atoms with Gasteiger partial charge in [0.05, 0.1) is 12.3 Å². The van der Waals surface area contributed by atoms with Gasteiger partial charge in [0.1, 0.15) is 6.23 Å². The van der Waals surface area contributed by atoms with Crippen LogP contribution < -0.4 is 17.2 Å². The van der Waals surface area contributed by atoms with Crippen molar-refractivity contribution in [2.45, 2.75) is 38.3 Å². The fourth-order valence-electron chi connectivity index (χ4n) is 1.66. The molecule has 1 rings (SSSR count). The van der Waals surface area contributed by atoms with Crippen molar-refractivity contribution in [3.8, 4) is 0 Å². The van der Waals surface area contributed by atoms with Gasteiger partial charge in [-0.2, -0.15) is 0 Å². The maximum atomic E-state index is 11.4. The van der Waals surface area contributed by atoms with E-state index in [4.69, 9.17) is 21.9 Å². The van der Waals surface area contributed by atoms with Crippen molar-refractivity contribution in [1.82, 2.24) is 4.90 Å². The summed E-state index contributed by atoms with van der Waals surface area (Å²) < 4.78 is 5.61. The third-order valence-electron chi connectivity index (χ3n) is 2.49. The highest BCUT2D eigenvalue weighted by atomic mass is 16.5. The lowest BCUT2D eigenvalue weighted by Crippen LogP contribution is -2.37. The van der Waals surface area contributed by atoms with Crippen LogP contribution in [0.3, 0.4) is 0 Å². The molecule has 1 fully saturated rings. The molecule has 6 heteroatoms. The van der Waals surface area contributed by atoms with Crippen LogP contribution in [0.2, 0.25) is 0 Å². The van der Waals surface area contributed by atoms with E-state index in [0.717, 1.165) is 12.8 Å². The first-order valence-corrected chi connectivity index (χ1v) is 5.38. The molecular formula is C10H20N4O2. The molecule has 0 aliphatic carbocycles. The molecule has 6 N–H and O–H groups in total. The summed E-state index contributed by atoms with van der Waals surface area (Å²) in [6.07, 6.45) is 4.00. The maximum absolute atomic E-state index is 11.4. The van der Waals surface area contributed by atoms with E-state index >= 15 is 0 Å². The molecule has 16 heavy (non-hydrogen) atoms. The summed E-state index contributed by atoms with van der Waals surface area (Å²) >= 11 is 0. The normalized spacial score (nSPS) is 25.6. The zero-order valence-electron chi connectivity index (χ0n) is 9.50. The van der Waals surface area contributed by atoms with Gasteiger partial charge in [-0.05, 0) is 18.9 Å². The van der Waals surface area contributed by atoms with Crippen molar-refractivity contribution in [2.75, 3.05) is 6.54 Å². The topological polar surface area (TPSA) is 108 Å². The van der Waals surface area contributed by atoms with Crippen molar-refractivity contribution in [3.63, 3.8) is 0 Å². The van der Waals surface area contributed by atoms with Crippen LogP contribution in [-0.4, -0.2) is 35.8 Å². The van der Waals surface area contributed by atoms with Crippen LogP contribution in [0, 0.1) is 0 Å². The second-order valence-corrected chi connectivity index (χ2v) is 3.87. The first-order valence-electron chi connectivity index (χ1n) is 5.38. The van der Waals surface area contributed by atoms with Gasteiger partial charge in [0.25, 0.3) is 0 Å². The quantitative estimate of drug-likeness (QED) is 0.538. The number of hydrogen-bond donors (Lipinski definition) is 3. The number of amides is 1. The predicted octanol–water partition coefficient (Wildman–Crippen LogP) is -0.944. The highest BCUT2D eigenvalue weighted by Gasteiger charge is 2.29. The molecule has 6 nitrogen and oxygen atoms in total. The van der Waals surface area contributed by atoms with Crippen molar-refractivity contribution < 1.29 is 9.53 Å². The smallest absolute Gasteiger partial charge is 0.225 e. The van der Waals surface area contributed by atoms with Crippen molar-refractivity contribution >= 4 is 5.91 Å². The molecule has 0 saturated carbocycles. The van der Waals surface area contributed by atoms with E-state index in [1.165, 1.54) is 11.8 Å². The average molecular weight is 228 g/mol. The third kappa shape index (κ3) is 3.57. The van der Waals surface area contributed by atoms with E-state index in [0.29, 0.717) is 6.54 Å². The Bertz CT molecular complexity index is 268. The summed E-state index contributed by atoms with van der Waals surface area (Å²) in [6, 6.07) is 0. The van der Waals surface area contributed by atoms with Gasteiger partial charge in [0.2, 0.25) is 5.91 Å². The number of rotatable bonds is 4. The predicted molar refractivity (Wildman–Crippen MR) is 60.8 cm³/mol. The largest absolute Gasteiger partial charge is 0.353 e. The lowest BCUT2D eigenvalue weighted by Gasteiger charge is -2.24. The molecule has 0 radical (unpaired) electrons. The van der Waals surface area contributed by atoms with Gasteiger partial charge in [-0.3, -0.25) is 9.69 Å². The summed E-state index contributed by atoms with van der Waals surface area (Å²) in [6.45, 7) is 1.95. The van der Waals surface area contributed by atoms with Gasteiger partial charge in [-0.25, -0.2) is 0 Å². The van der Waals surface area contributed by atoms with Crippen molar-refractivity contribution in [2.24, 2.45) is 17.2 Å². The van der Waals surface area contributed by atoms with E-state index < -0.39 is 6.17 Å². The van der Waals surface area contributed by atoms with Crippen LogP contribution in [0.15, 0.2) is 12.3 Å². The van der Waals surface area contributed by atoms with E-state index in [1.54, 1.807) is 12.3 Å². The lowest BCUT2D eigenvalue weighted by molar-refractivity contribution is -0.136. The number of nitrogens with two attached hydrogens (primary N) is 3. The first-order chi connectivity index (χ1) is 7.54. The minimum absolute atomic E-state index is 0.0341. The number of carbonyl (C=O) groups is 1. The Hall–Kier alpha value is -0.950. The highest BCUT2D eigenvalue weighted by molar-refractivity contribution is 5.74. The maximum Gasteiger partial charge on any atom is 0.225 e. The fraction of sp³-hybridized carbons (Fsp3) is 0.700. The Morgan fingerprint density at radius 2 is 2.25 bits per heavy atom. The Labute approximate surface area is 95.4 Å². The number of ether oxygens (including phenoxy) is 1. The Morgan fingerprint density at radius 3 is 2.69 bits per heavy atom. The molecule has 1 amide bonds. The van der Waals surface area contributed by atoms with E-state index in [-0.39, 0.29) is 18.2 Å². The third-order valence-corrected chi connectivity index (χ3v) is 2.49. The average Bonchev–Trinajstić information content (AvgIpc) is 2.65. The summed E-state index contributed by atoms with van der Waals surface area (Å²) in [5, 5.41) is 0. The summed E-state index contributed by atoms with van der Waals surface area (Å²) in [7, 11) is 0. The van der Waals surface area contributed by atoms with Crippen molar-refractivity contribution in [3.05, 3.63) is 12.3 Å². The van der Waals surface area contributed by atoms with Crippen LogP contribution in [-0.2, 0) is 9.53 Å². The molecular weight excluding hydrogens is 208 g/mol. The summed E-state index contributed by atoms with van der Waals surface area (Å²) in [5.41, 5.74) is 16.3. The van der Waals surface area contributed by atoms with Crippen LogP contribution in [0.25, 0.3) is 0 Å². The van der Waals surface area contributed by atoms with E-state index in [9.17, 15) is 4.79 Å². The van der Waals surface area contributed by atoms with Crippen molar-refractivity contribution in [1.29, 1.82) is 0 Å². The fourth-order valence-corrected chi connectivity index (χ4v) is 1.66. The second-order valence-electron chi connectivity index (χ2n) is 3.87. The molecule has 2 atom stereocenters. The number of hydrogen-bond acceptors (Lipinski definition) is 5. The first kappa shape index (κ1) is 13.1. The molecule has 2 unspecified atom stereocenters. The van der Waals surface area contributed by atoms with Gasteiger partial charge >= 0.3 is 0 Å². The van der Waals surface area contributed by atoms with Gasteiger partial charge in [-0.1, -0.05) is 0 Å². The summed E-state index contributed by atoms with van der Waals surface area (Å²) in [4.78, 5) is 12.9. The molecule has 1 saturated heterocycles. The monoisotopic (exact) mass is 228 g/mol. The molecule has 0 bridgehead atoms. The Kier molecular flexibility index (Phi) is 4.88. The van der Waals surface area contributed by atoms with Crippen LogP contribution in [0.1, 0.15) is 19.8 Å². The molecule has 1 aliphatic heterocycles. The zero-order chi connectivity index (χ0) is 12.1. The molecule has 0 aromatic carbocycles. The summed E-state index contributed by atoms with van der Waals surface area (Å²) in [5.74, 6) is -0.0976. The molecule has 92 valence electrons. The van der Waals surface area contributed by atoms with Gasteiger partial charge in [0.15, 0.2) is 0 Å². The van der Waals surface area contributed by atoms with Crippen LogP contribution >= 0.6 is 0 Å². The number of carbonyl (C=O) groups excluding carboxylic acids is 1. The molecule has 0 spiro atoms. The number of nitrogens with zero attached hydrogens (tertiary/aromatic N) is 1. The standard InChI is InChI=1S/C10H20N4O2/c1-7(15)14(5-4-9(12)13)10-3-2-8(6-11)16-10/h4-5,8-10H,2-3,6,11-13H2,1H3. The van der Waals surface area contributed by atoms with Gasteiger partial charge in [0, 0.05) is 19.7 Å². The highest BCUT2D eigenvalue weighted by Crippen LogP contribution is 2.22. The SMILES string of the molecule is CC(=O)N(C=CC(N)N)C1CCC(CN)O1. The molecule has 1 aliphatic rings. The molecule has 0 aromatic heterocycles. The van der Waals surface area contributed by atoms with E-state index in [1.807, 2.05) is 0 Å². The molecule has 1 heterocycles. The minimum atomic E-state index is -0.575. The zero-order valence-corrected chi connectivity index (χ0v) is 9.50. The van der Waals surface area contributed by atoms with Gasteiger partial charge in [-0.15, -0.1) is 0 Å². The van der Waals surface area contributed by atoms with Crippen LogP contribution in [0.4, 0.5) is 0 Å². The minimum Gasteiger partial charge on any atom is -0.353 e. The lowest BCUT2D eigenvalue weighted by atomic mass is 10.2. The second kappa shape index (κ2) is 5.95. The Morgan fingerprint density at radius 1 is 1.56 bits per heavy atom.